The Balaban J connectivity index is 1.40. The van der Waals surface area contributed by atoms with Crippen molar-refractivity contribution in [3.8, 4) is 0 Å². The van der Waals surface area contributed by atoms with Gasteiger partial charge in [0.25, 0.3) is 11.2 Å². The number of carbonyl (C=O) groups excluding carboxylic acids is 5. The van der Waals surface area contributed by atoms with Gasteiger partial charge in [0.15, 0.2) is 23.5 Å². The molecule has 3 aliphatic rings. The highest BCUT2D eigenvalue weighted by Gasteiger charge is 2.63. The number of rotatable bonds is 21. The van der Waals surface area contributed by atoms with Gasteiger partial charge in [-0.3, -0.25) is 37.6 Å². The average Bonchev–Trinajstić information content (AvgIpc) is 4.12. The minimum Gasteiger partial charge on any atom is -0.443 e. The summed E-state index contributed by atoms with van der Waals surface area (Å²) in [5.41, 5.74) is -0.142. The van der Waals surface area contributed by atoms with Crippen LogP contribution in [-0.2, 0) is 80.5 Å². The number of amides is 3. The smallest absolute Gasteiger partial charge is 0.443 e. The number of hydrogen-bond acceptors (Lipinski definition) is 21. The van der Waals surface area contributed by atoms with Gasteiger partial charge in [-0.05, 0) is 71.5 Å². The van der Waals surface area contributed by atoms with Crippen molar-refractivity contribution in [2.45, 2.75) is 148 Å². The molecule has 6 rings (SSSR count). The summed E-state index contributed by atoms with van der Waals surface area (Å²) in [6.45, 7) is 12.1. The molecule has 1 saturated carbocycles. The molecule has 1 aliphatic carbocycles. The van der Waals surface area contributed by atoms with Crippen LogP contribution < -0.4 is 9.62 Å². The number of halogens is 1. The van der Waals surface area contributed by atoms with Crippen LogP contribution in [0.4, 0.5) is 15.4 Å². The maximum atomic E-state index is 15.6. The first-order valence-electron chi connectivity index (χ1n) is 24.2. The molecule has 3 amide bonds. The minimum atomic E-state index is -5.46. The topological polar surface area (TPSA) is 292 Å². The van der Waals surface area contributed by atoms with Crippen molar-refractivity contribution in [1.82, 2.24) is 24.5 Å². The van der Waals surface area contributed by atoms with Crippen LogP contribution in [0.5, 0.6) is 0 Å². The molecular weight excluding hydrogens is 1050 g/mol. The largest absolute Gasteiger partial charge is 0.443 e. The van der Waals surface area contributed by atoms with E-state index in [2.05, 4.69) is 24.2 Å². The van der Waals surface area contributed by atoms with E-state index in [0.29, 0.717) is 23.8 Å². The summed E-state index contributed by atoms with van der Waals surface area (Å²) in [6.07, 6.45) is -2.00. The van der Waals surface area contributed by atoms with E-state index in [1.54, 1.807) is 71.9 Å². The first-order chi connectivity index (χ1) is 35.1. The number of anilines is 1. The Hall–Kier alpha value is -4.89. The number of ether oxygens (including phenoxy) is 9. The second-order valence-corrected chi connectivity index (χ2v) is 24.6. The van der Waals surface area contributed by atoms with Crippen LogP contribution in [0.25, 0.3) is 11.0 Å². The second-order valence-electron chi connectivity index (χ2n) is 20.1. The van der Waals surface area contributed by atoms with Gasteiger partial charge >= 0.3 is 31.7 Å². The van der Waals surface area contributed by atoms with E-state index in [9.17, 15) is 28.2 Å². The highest BCUT2D eigenvalue weighted by Crippen LogP contribution is 2.61. The molecule has 4 heterocycles. The van der Waals surface area contributed by atoms with Crippen molar-refractivity contribution in [2.75, 3.05) is 45.1 Å². The summed E-state index contributed by atoms with van der Waals surface area (Å²) < 4.78 is 101. The van der Waals surface area contributed by atoms with Crippen LogP contribution in [0.2, 0.25) is 5.28 Å². The Kier molecular flexibility index (Phi) is 19.1. The zero-order chi connectivity index (χ0) is 55.3. The SMILES string of the molecule is COC[C@@](OC[C@H]1O[C@@H](n2ncc3c(N(C(=O)OC(C)(C)C)C4CCCC4)nc(Cl)nc32)[C@@H]2OC(C)(C)O[C@@H]21)(C(=O)NS(C)(=O)=NC(=O)O[C@H](C)c1ccccc1)P(=O)(OCOC(=O)C(C)C)OCOC(=O)C(C)C. The number of nitrogens with zero attached hydrogens (tertiary/aromatic N) is 6. The lowest BCUT2D eigenvalue weighted by Gasteiger charge is -2.37. The quantitative estimate of drug-likeness (QED) is 0.0355. The molecule has 2 aliphatic heterocycles. The van der Waals surface area contributed by atoms with Crippen LogP contribution in [0, 0.1) is 11.8 Å². The molecule has 28 heteroatoms. The fourth-order valence-corrected chi connectivity index (χ4v) is 11.1. The molecular formula is C47H67ClN7O18PS. The van der Waals surface area contributed by atoms with Gasteiger partial charge < -0.3 is 42.6 Å². The molecule has 7 atom stereocenters. The predicted octanol–water partition coefficient (Wildman–Crippen LogP) is 7.51. The van der Waals surface area contributed by atoms with E-state index in [0.717, 1.165) is 26.2 Å². The molecule has 0 radical (unpaired) electrons. The third kappa shape index (κ3) is 14.4. The normalized spacial score (nSPS) is 21.7. The fraction of sp³-hybridized carbons (Fsp3) is 0.660. The summed E-state index contributed by atoms with van der Waals surface area (Å²) in [6, 6.07) is 8.29. The van der Waals surface area contributed by atoms with Crippen LogP contribution in [0.3, 0.4) is 0 Å². The molecule has 3 aromatic rings. The molecule has 0 bridgehead atoms. The number of aromatic nitrogens is 4. The first kappa shape index (κ1) is 59.4. The molecule has 25 nitrogen and oxygen atoms in total. The Morgan fingerprint density at radius 3 is 2.13 bits per heavy atom. The maximum Gasteiger partial charge on any atom is 0.443 e. The molecule has 0 spiro atoms. The summed E-state index contributed by atoms with van der Waals surface area (Å²) in [5, 5.41) is 1.61. The van der Waals surface area contributed by atoms with Crippen molar-refractivity contribution in [2.24, 2.45) is 16.2 Å². The monoisotopic (exact) mass is 1120 g/mol. The molecule has 2 saturated heterocycles. The number of hydrogen-bond donors (Lipinski definition) is 1. The third-order valence-corrected chi connectivity index (χ3v) is 15.2. The standard InChI is InChI=1S/C47H67ClN7O18PS/c1-27(2)39(56)64-25-67-74(61,68-26-65-40(57)28(3)4)47(24-63-11,41(58)52-75(12,62)53-43(59)69-29(5)30-18-14-13-15-19-30)66-23-33-34-35(72-46(9,10)71-34)38(70-33)55-37-32(22-49-55)36(50-42(48)51-37)54(31-20-16-17-21-31)44(60)73-45(6,7)8/h13-15,18-19,22,27-29,31,33-35,38H,16-17,20-21,23-26H2,1-12H3,(H,52,53,58,59,62)/t29-,33-,34-,35-,38-,47+,75?/m1/s1. The Morgan fingerprint density at radius 2 is 1.56 bits per heavy atom. The fourth-order valence-electron chi connectivity index (χ4n) is 8.27. The average molecular weight is 1120 g/mol. The predicted molar refractivity (Wildman–Crippen MR) is 267 cm³/mol. The number of fused-ring (bicyclic) bond motifs is 2. The summed E-state index contributed by atoms with van der Waals surface area (Å²) in [7, 11) is -8.57. The van der Waals surface area contributed by atoms with Crippen molar-refractivity contribution in [3.63, 3.8) is 0 Å². The zero-order valence-electron chi connectivity index (χ0n) is 44.0. The number of nitrogens with one attached hydrogen (secondary N) is 1. The van der Waals surface area contributed by atoms with Gasteiger partial charge in [0, 0.05) is 19.4 Å². The van der Waals surface area contributed by atoms with Gasteiger partial charge in [-0.1, -0.05) is 70.9 Å². The summed E-state index contributed by atoms with van der Waals surface area (Å²) in [4.78, 5) is 77.8. The van der Waals surface area contributed by atoms with Gasteiger partial charge in [0.05, 0.1) is 36.6 Å². The first-order valence-corrected chi connectivity index (χ1v) is 28.0. The zero-order valence-corrected chi connectivity index (χ0v) is 46.5. The van der Waals surface area contributed by atoms with Crippen molar-refractivity contribution < 1.29 is 84.4 Å². The van der Waals surface area contributed by atoms with Crippen molar-refractivity contribution >= 4 is 76.0 Å². The van der Waals surface area contributed by atoms with E-state index in [4.69, 9.17) is 63.3 Å². The highest BCUT2D eigenvalue weighted by molar-refractivity contribution is 7.91. The van der Waals surface area contributed by atoms with E-state index < -0.39 is 134 Å². The number of carbonyl (C=O) groups is 5. The van der Waals surface area contributed by atoms with Crippen LogP contribution >= 0.6 is 19.2 Å². The van der Waals surface area contributed by atoms with Gasteiger partial charge in [-0.2, -0.15) is 15.1 Å². The van der Waals surface area contributed by atoms with E-state index >= 15 is 4.57 Å². The lowest BCUT2D eigenvalue weighted by Crippen LogP contribution is -2.55. The summed E-state index contributed by atoms with van der Waals surface area (Å²) >= 11 is 6.63. The second kappa shape index (κ2) is 24.2. The highest BCUT2D eigenvalue weighted by atomic mass is 35.5. The maximum absolute atomic E-state index is 15.6. The van der Waals surface area contributed by atoms with Crippen LogP contribution in [-0.4, -0.2) is 135 Å². The molecule has 416 valence electrons. The van der Waals surface area contributed by atoms with Crippen molar-refractivity contribution in [1.29, 1.82) is 0 Å². The van der Waals surface area contributed by atoms with Gasteiger partial charge in [0.1, 0.15) is 39.9 Å². The third-order valence-electron chi connectivity index (χ3n) is 11.8. The molecule has 2 aromatic heterocycles. The van der Waals surface area contributed by atoms with Gasteiger partial charge in [0.2, 0.25) is 18.9 Å². The Bertz CT molecular complexity index is 2700. The van der Waals surface area contributed by atoms with Gasteiger partial charge in [-0.25, -0.2) is 18.5 Å². The van der Waals surface area contributed by atoms with E-state index in [1.807, 2.05) is 0 Å². The Morgan fingerprint density at radius 1 is 0.960 bits per heavy atom. The Labute approximate surface area is 440 Å². The van der Waals surface area contributed by atoms with E-state index in [1.165, 1.54) is 43.5 Å². The number of methoxy groups -OCH3 is 1. The van der Waals surface area contributed by atoms with Gasteiger partial charge in [-0.15, -0.1) is 4.36 Å². The summed E-state index contributed by atoms with van der Waals surface area (Å²) in [5.74, 6) is -5.71. The minimum absolute atomic E-state index is 0.125. The van der Waals surface area contributed by atoms with Crippen LogP contribution in [0.1, 0.15) is 113 Å². The number of benzene rings is 1. The molecule has 1 N–H and O–H groups in total. The molecule has 1 aromatic carbocycles. The molecule has 3 fully saturated rings. The number of esters is 2. The van der Waals surface area contributed by atoms with Crippen molar-refractivity contribution in [3.05, 3.63) is 47.4 Å². The van der Waals surface area contributed by atoms with E-state index in [-0.39, 0.29) is 22.8 Å². The lowest BCUT2D eigenvalue weighted by atomic mass is 10.1. The molecule has 75 heavy (non-hydrogen) atoms. The lowest BCUT2D eigenvalue weighted by molar-refractivity contribution is -0.208. The van der Waals surface area contributed by atoms with Crippen LogP contribution in [0.15, 0.2) is 40.9 Å². The molecule has 1 unspecified atom stereocenters.